The van der Waals surface area contributed by atoms with E-state index in [0.29, 0.717) is 5.56 Å². The van der Waals surface area contributed by atoms with E-state index in [1.165, 1.54) is 6.07 Å². The molecule has 0 saturated heterocycles. The van der Waals surface area contributed by atoms with Gasteiger partial charge in [0, 0.05) is 6.07 Å². The number of hydrogen-bond donors (Lipinski definition) is 2. The molecule has 2 atom stereocenters. The van der Waals surface area contributed by atoms with E-state index in [2.05, 4.69) is 0 Å². The molecule has 1 rings (SSSR count). The van der Waals surface area contributed by atoms with E-state index in [0.717, 1.165) is 5.56 Å². The highest BCUT2D eigenvalue weighted by molar-refractivity contribution is 6.18. The summed E-state index contributed by atoms with van der Waals surface area (Å²) in [5.41, 5.74) is 1.21. The first-order valence-corrected chi connectivity index (χ1v) is 5.59. The molecule has 2 N–H and O–H groups in total. The van der Waals surface area contributed by atoms with Crippen LogP contribution in [0.25, 0.3) is 0 Å². The van der Waals surface area contributed by atoms with Gasteiger partial charge in [0.2, 0.25) is 0 Å². The highest BCUT2D eigenvalue weighted by Gasteiger charge is 2.27. The van der Waals surface area contributed by atoms with Crippen LogP contribution in [-0.4, -0.2) is 27.1 Å². The largest absolute Gasteiger partial charge is 0.389 e. The molecule has 0 aliphatic heterocycles. The number of nitro benzene ring substituents is 1. The van der Waals surface area contributed by atoms with Crippen molar-refractivity contribution in [3.05, 3.63) is 38.9 Å². The third-order valence-corrected chi connectivity index (χ3v) is 2.84. The summed E-state index contributed by atoms with van der Waals surface area (Å²) in [6, 6.07) is 3.08. The first-order chi connectivity index (χ1) is 7.88. The number of aryl methyl sites for hydroxylation is 2. The fourth-order valence-corrected chi connectivity index (χ4v) is 1.94. The molecule has 0 fully saturated rings. The topological polar surface area (TPSA) is 83.6 Å². The second-order valence-electron chi connectivity index (χ2n) is 3.94. The monoisotopic (exact) mass is 259 g/mol. The molecular formula is C11H14ClNO4. The van der Waals surface area contributed by atoms with Crippen molar-refractivity contribution in [3.63, 3.8) is 0 Å². The smallest absolute Gasteiger partial charge is 0.275 e. The molecule has 0 radical (unpaired) electrons. The van der Waals surface area contributed by atoms with Crippen molar-refractivity contribution in [2.24, 2.45) is 0 Å². The number of aliphatic hydroxyl groups is 2. The van der Waals surface area contributed by atoms with Crippen molar-refractivity contribution < 1.29 is 15.1 Å². The summed E-state index contributed by atoms with van der Waals surface area (Å²) in [6.07, 6.45) is -2.58. The maximum atomic E-state index is 10.9. The van der Waals surface area contributed by atoms with Gasteiger partial charge in [-0.2, -0.15) is 0 Å². The van der Waals surface area contributed by atoms with Crippen LogP contribution in [0.1, 0.15) is 22.8 Å². The Hall–Kier alpha value is -1.17. The Morgan fingerprint density at radius 1 is 1.41 bits per heavy atom. The van der Waals surface area contributed by atoms with Crippen LogP contribution in [0.2, 0.25) is 0 Å². The predicted octanol–water partition coefficient (Wildman–Crippen LogP) is 1.84. The maximum absolute atomic E-state index is 10.9. The van der Waals surface area contributed by atoms with Crippen LogP contribution in [0.5, 0.6) is 0 Å². The molecule has 0 heterocycles. The summed E-state index contributed by atoms with van der Waals surface area (Å²) in [6.45, 7) is 3.38. The van der Waals surface area contributed by atoms with Gasteiger partial charge in [-0.1, -0.05) is 6.07 Å². The minimum absolute atomic E-state index is 0.119. The van der Waals surface area contributed by atoms with E-state index in [9.17, 15) is 20.3 Å². The molecule has 0 aliphatic rings. The fourth-order valence-electron chi connectivity index (χ4n) is 1.77. The lowest BCUT2D eigenvalue weighted by atomic mass is 9.96. The molecule has 1 aromatic carbocycles. The number of benzene rings is 1. The van der Waals surface area contributed by atoms with Gasteiger partial charge in [0.15, 0.2) is 0 Å². The van der Waals surface area contributed by atoms with Crippen LogP contribution in [0.4, 0.5) is 5.69 Å². The molecule has 1 aromatic rings. The molecule has 0 bridgehead atoms. The van der Waals surface area contributed by atoms with Crippen molar-refractivity contribution >= 4 is 17.3 Å². The lowest BCUT2D eigenvalue weighted by molar-refractivity contribution is -0.386. The van der Waals surface area contributed by atoms with Crippen molar-refractivity contribution in [3.8, 4) is 0 Å². The summed E-state index contributed by atoms with van der Waals surface area (Å²) in [7, 11) is 0. The van der Waals surface area contributed by atoms with Gasteiger partial charge in [-0.05, 0) is 25.0 Å². The Labute approximate surface area is 104 Å². The van der Waals surface area contributed by atoms with Crippen molar-refractivity contribution in [2.75, 3.05) is 5.88 Å². The molecule has 17 heavy (non-hydrogen) atoms. The molecule has 0 amide bonds. The average molecular weight is 260 g/mol. The van der Waals surface area contributed by atoms with E-state index >= 15 is 0 Å². The predicted molar refractivity (Wildman–Crippen MR) is 64.3 cm³/mol. The average Bonchev–Trinajstić information content (AvgIpc) is 2.26. The fraction of sp³-hybridized carbons (Fsp3) is 0.455. The lowest BCUT2D eigenvalue weighted by Crippen LogP contribution is -2.21. The molecule has 0 saturated carbocycles. The Morgan fingerprint density at radius 2 is 2.00 bits per heavy atom. The Bertz CT molecular complexity index is 436. The van der Waals surface area contributed by atoms with Crippen LogP contribution in [0, 0.1) is 24.0 Å². The molecule has 2 unspecified atom stereocenters. The molecule has 0 aromatic heterocycles. The second-order valence-corrected chi connectivity index (χ2v) is 4.25. The first kappa shape index (κ1) is 13.9. The van der Waals surface area contributed by atoms with Crippen LogP contribution >= 0.6 is 11.6 Å². The molecule has 0 spiro atoms. The minimum atomic E-state index is -1.35. The number of halogens is 1. The van der Waals surface area contributed by atoms with Crippen molar-refractivity contribution in [1.82, 2.24) is 0 Å². The van der Waals surface area contributed by atoms with E-state index in [1.807, 2.05) is 0 Å². The van der Waals surface area contributed by atoms with E-state index in [4.69, 9.17) is 11.6 Å². The highest BCUT2D eigenvalue weighted by Crippen LogP contribution is 2.31. The van der Waals surface area contributed by atoms with Gasteiger partial charge >= 0.3 is 0 Å². The number of nitro groups is 1. The second kappa shape index (κ2) is 5.44. The summed E-state index contributed by atoms with van der Waals surface area (Å²) in [5.74, 6) is -0.189. The lowest BCUT2D eigenvalue weighted by Gasteiger charge is -2.18. The minimum Gasteiger partial charge on any atom is -0.389 e. The van der Waals surface area contributed by atoms with Gasteiger partial charge < -0.3 is 10.2 Å². The standard InChI is InChI=1S/C11H14ClNO4/c1-6-3-7(2)10(8(4-6)13(16)17)11(15)9(14)5-12/h3-4,9,11,14-15H,5H2,1-2H3. The number of nitrogens with zero attached hydrogens (tertiary/aromatic N) is 1. The Morgan fingerprint density at radius 3 is 2.47 bits per heavy atom. The van der Waals surface area contributed by atoms with Gasteiger partial charge in [-0.15, -0.1) is 11.6 Å². The summed E-state index contributed by atoms with van der Waals surface area (Å²) in [5, 5.41) is 30.2. The number of alkyl halides is 1. The van der Waals surface area contributed by atoms with Crippen molar-refractivity contribution in [1.29, 1.82) is 0 Å². The van der Waals surface area contributed by atoms with Gasteiger partial charge in [-0.3, -0.25) is 10.1 Å². The zero-order valence-corrected chi connectivity index (χ0v) is 10.3. The first-order valence-electron chi connectivity index (χ1n) is 5.06. The summed E-state index contributed by atoms with van der Waals surface area (Å²) < 4.78 is 0. The maximum Gasteiger partial charge on any atom is 0.275 e. The van der Waals surface area contributed by atoms with Gasteiger partial charge in [0.1, 0.15) is 6.10 Å². The van der Waals surface area contributed by atoms with Crippen LogP contribution in [0.3, 0.4) is 0 Å². The van der Waals surface area contributed by atoms with Crippen LogP contribution in [-0.2, 0) is 0 Å². The normalized spacial score (nSPS) is 14.4. The van der Waals surface area contributed by atoms with E-state index < -0.39 is 17.1 Å². The van der Waals surface area contributed by atoms with Crippen LogP contribution < -0.4 is 0 Å². The third kappa shape index (κ3) is 2.94. The Kier molecular flexibility index (Phi) is 4.45. The third-order valence-electron chi connectivity index (χ3n) is 2.52. The van der Waals surface area contributed by atoms with Gasteiger partial charge in [0.25, 0.3) is 5.69 Å². The number of hydrogen-bond acceptors (Lipinski definition) is 4. The highest BCUT2D eigenvalue weighted by atomic mass is 35.5. The van der Waals surface area contributed by atoms with E-state index in [-0.39, 0.29) is 17.1 Å². The number of rotatable bonds is 4. The molecule has 5 nitrogen and oxygen atoms in total. The zero-order valence-electron chi connectivity index (χ0n) is 9.55. The molecular weight excluding hydrogens is 246 g/mol. The SMILES string of the molecule is Cc1cc(C)c(C(O)C(O)CCl)c([N+](=O)[O-])c1. The molecule has 0 aliphatic carbocycles. The zero-order chi connectivity index (χ0) is 13.2. The summed E-state index contributed by atoms with van der Waals surface area (Å²) >= 11 is 5.43. The summed E-state index contributed by atoms with van der Waals surface area (Å²) in [4.78, 5) is 10.4. The van der Waals surface area contributed by atoms with Crippen molar-refractivity contribution in [2.45, 2.75) is 26.1 Å². The van der Waals surface area contributed by atoms with E-state index in [1.54, 1.807) is 19.9 Å². The van der Waals surface area contributed by atoms with Crippen LogP contribution in [0.15, 0.2) is 12.1 Å². The van der Waals surface area contributed by atoms with Gasteiger partial charge in [-0.25, -0.2) is 0 Å². The number of aliphatic hydroxyl groups excluding tert-OH is 2. The van der Waals surface area contributed by atoms with Gasteiger partial charge in [0.05, 0.1) is 22.5 Å². The molecule has 94 valence electrons. The Balaban J connectivity index is 3.35. The molecule has 6 heteroatoms. The quantitative estimate of drug-likeness (QED) is 0.491.